The molecule has 0 spiro atoms. The van der Waals surface area contributed by atoms with E-state index in [-0.39, 0.29) is 17.0 Å². The molecule has 0 unspecified atom stereocenters. The molecule has 0 saturated carbocycles. The van der Waals surface area contributed by atoms with Gasteiger partial charge in [0.25, 0.3) is 5.91 Å². The molecule has 0 aliphatic heterocycles. The fraction of sp³-hybridized carbons (Fsp3) is 0.188. The van der Waals surface area contributed by atoms with E-state index in [1.54, 1.807) is 25.1 Å². The van der Waals surface area contributed by atoms with Crippen LogP contribution < -0.4 is 14.8 Å². The Hall–Kier alpha value is -2.09. The zero-order valence-electron chi connectivity index (χ0n) is 13.2. The highest BCUT2D eigenvalue weighted by Crippen LogP contribution is 2.28. The zero-order valence-corrected chi connectivity index (χ0v) is 14.7. The van der Waals surface area contributed by atoms with E-state index >= 15 is 0 Å². The van der Waals surface area contributed by atoms with Crippen molar-refractivity contribution in [2.75, 3.05) is 19.0 Å². The monoisotopic (exact) mass is 368 g/mol. The van der Waals surface area contributed by atoms with Crippen molar-refractivity contribution in [2.24, 2.45) is 0 Å². The molecule has 0 fully saturated rings. The number of sulfonamides is 1. The Balaban J connectivity index is 2.30. The van der Waals surface area contributed by atoms with E-state index in [4.69, 9.17) is 16.3 Å². The third kappa shape index (κ3) is 4.25. The molecule has 2 aromatic rings. The molecule has 24 heavy (non-hydrogen) atoms. The molecule has 0 atom stereocenters. The maximum Gasteiger partial charge on any atom is 0.255 e. The lowest BCUT2D eigenvalue weighted by molar-refractivity contribution is 0.102. The van der Waals surface area contributed by atoms with Crippen LogP contribution in [0.15, 0.2) is 47.4 Å². The predicted molar refractivity (Wildman–Crippen MR) is 93.3 cm³/mol. The number of nitrogens with one attached hydrogen (secondary N) is 2. The highest BCUT2D eigenvalue weighted by Gasteiger charge is 2.16. The molecule has 8 heteroatoms. The maximum absolute atomic E-state index is 12.4. The minimum atomic E-state index is -3.63. The van der Waals surface area contributed by atoms with E-state index in [9.17, 15) is 13.2 Å². The largest absolute Gasteiger partial charge is 0.495 e. The van der Waals surface area contributed by atoms with Crippen molar-refractivity contribution in [3.63, 3.8) is 0 Å². The van der Waals surface area contributed by atoms with Gasteiger partial charge in [0.05, 0.1) is 17.7 Å². The summed E-state index contributed by atoms with van der Waals surface area (Å²) >= 11 is 5.93. The number of benzene rings is 2. The van der Waals surface area contributed by atoms with E-state index in [1.807, 2.05) is 0 Å². The summed E-state index contributed by atoms with van der Waals surface area (Å²) in [5.74, 6) is -0.0201. The Kier molecular flexibility index (Phi) is 5.82. The number of anilines is 1. The van der Waals surface area contributed by atoms with Crippen LogP contribution in [0, 0.1) is 0 Å². The van der Waals surface area contributed by atoms with Gasteiger partial charge in [-0.25, -0.2) is 13.1 Å². The number of amides is 1. The predicted octanol–water partition coefficient (Wildman–Crippen LogP) is 2.90. The average molecular weight is 369 g/mol. The van der Waals surface area contributed by atoms with Crippen LogP contribution >= 0.6 is 11.6 Å². The van der Waals surface area contributed by atoms with Crippen LogP contribution in [0.5, 0.6) is 5.75 Å². The first kappa shape index (κ1) is 18.3. The van der Waals surface area contributed by atoms with Gasteiger partial charge in [-0.1, -0.05) is 24.6 Å². The number of hydrogen-bond donors (Lipinski definition) is 2. The molecule has 1 amide bonds. The average Bonchev–Trinajstić information content (AvgIpc) is 2.55. The highest BCUT2D eigenvalue weighted by atomic mass is 35.5. The summed E-state index contributed by atoms with van der Waals surface area (Å²) in [5.41, 5.74) is 0.603. The lowest BCUT2D eigenvalue weighted by Crippen LogP contribution is -2.23. The Bertz CT molecular complexity index is 853. The van der Waals surface area contributed by atoms with Crippen molar-refractivity contribution in [1.29, 1.82) is 0 Å². The Morgan fingerprint density at radius 1 is 1.21 bits per heavy atom. The van der Waals surface area contributed by atoms with E-state index in [2.05, 4.69) is 10.0 Å². The van der Waals surface area contributed by atoms with Crippen molar-refractivity contribution in [2.45, 2.75) is 11.8 Å². The molecule has 6 nitrogen and oxygen atoms in total. The fourth-order valence-corrected chi connectivity index (χ4v) is 3.31. The molecule has 0 aliphatic rings. The van der Waals surface area contributed by atoms with Crippen molar-refractivity contribution in [1.82, 2.24) is 4.72 Å². The van der Waals surface area contributed by atoms with Gasteiger partial charge in [-0.2, -0.15) is 0 Å². The lowest BCUT2D eigenvalue weighted by Gasteiger charge is -2.11. The topological polar surface area (TPSA) is 84.5 Å². The van der Waals surface area contributed by atoms with Crippen LogP contribution in [-0.4, -0.2) is 28.0 Å². The molecule has 128 valence electrons. The van der Waals surface area contributed by atoms with Gasteiger partial charge < -0.3 is 10.1 Å². The second-order valence-electron chi connectivity index (χ2n) is 4.83. The molecule has 0 aliphatic carbocycles. The molecule has 2 aromatic carbocycles. The number of carbonyl (C=O) groups excluding carboxylic acids is 1. The number of halogens is 1. The first-order valence-electron chi connectivity index (χ1n) is 7.12. The molecular formula is C16H17ClN2O4S. The first-order chi connectivity index (χ1) is 11.4. The molecule has 0 aromatic heterocycles. The number of methoxy groups -OCH3 is 1. The van der Waals surface area contributed by atoms with Gasteiger partial charge in [0.1, 0.15) is 5.75 Å². The van der Waals surface area contributed by atoms with Crippen molar-refractivity contribution in [3.8, 4) is 5.75 Å². The molecular weight excluding hydrogens is 352 g/mol. The maximum atomic E-state index is 12.4. The number of ether oxygens (including phenoxy) is 1. The SMILES string of the molecule is CCNS(=O)(=O)c1cccc(C(=O)Nc2cc(Cl)ccc2OC)c1. The van der Waals surface area contributed by atoms with E-state index in [1.165, 1.54) is 31.4 Å². The highest BCUT2D eigenvalue weighted by molar-refractivity contribution is 7.89. The second-order valence-corrected chi connectivity index (χ2v) is 7.03. The van der Waals surface area contributed by atoms with Gasteiger partial charge in [-0.05, 0) is 36.4 Å². The van der Waals surface area contributed by atoms with Crippen molar-refractivity contribution < 1.29 is 17.9 Å². The van der Waals surface area contributed by atoms with Crippen LogP contribution in [0.2, 0.25) is 5.02 Å². The van der Waals surface area contributed by atoms with Crippen molar-refractivity contribution >= 4 is 33.2 Å². The summed E-state index contributed by atoms with van der Waals surface area (Å²) in [6.07, 6.45) is 0. The molecule has 0 heterocycles. The van der Waals surface area contributed by atoms with Gasteiger partial charge in [-0.3, -0.25) is 4.79 Å². The summed E-state index contributed by atoms with van der Waals surface area (Å²) < 4.78 is 31.6. The van der Waals surface area contributed by atoms with Gasteiger partial charge in [0.2, 0.25) is 10.0 Å². The van der Waals surface area contributed by atoms with Gasteiger partial charge in [0.15, 0.2) is 0 Å². The van der Waals surface area contributed by atoms with Crippen LogP contribution in [-0.2, 0) is 10.0 Å². The fourth-order valence-electron chi connectivity index (χ4n) is 2.05. The molecule has 0 radical (unpaired) electrons. The third-order valence-corrected chi connectivity index (χ3v) is 4.93. The van der Waals surface area contributed by atoms with Crippen LogP contribution in [0.1, 0.15) is 17.3 Å². The van der Waals surface area contributed by atoms with Crippen molar-refractivity contribution in [3.05, 3.63) is 53.1 Å². The Morgan fingerprint density at radius 3 is 2.62 bits per heavy atom. The normalized spacial score (nSPS) is 11.1. The summed E-state index contributed by atoms with van der Waals surface area (Å²) in [7, 11) is -2.16. The quantitative estimate of drug-likeness (QED) is 0.821. The molecule has 2 N–H and O–H groups in total. The standard InChI is InChI=1S/C16H17ClN2O4S/c1-3-18-24(21,22)13-6-4-5-11(9-13)16(20)19-14-10-12(17)7-8-15(14)23-2/h4-10,18H,3H2,1-2H3,(H,19,20). The van der Waals surface area contributed by atoms with Gasteiger partial charge in [0, 0.05) is 17.1 Å². The number of rotatable bonds is 6. The summed E-state index contributed by atoms with van der Waals surface area (Å²) in [5, 5.41) is 3.11. The zero-order chi connectivity index (χ0) is 17.7. The lowest BCUT2D eigenvalue weighted by atomic mass is 10.2. The Labute approximate surface area is 145 Å². The minimum absolute atomic E-state index is 0.0232. The summed E-state index contributed by atoms with van der Waals surface area (Å²) in [4.78, 5) is 12.4. The third-order valence-electron chi connectivity index (χ3n) is 3.15. The van der Waals surface area contributed by atoms with Crippen LogP contribution in [0.25, 0.3) is 0 Å². The Morgan fingerprint density at radius 2 is 1.96 bits per heavy atom. The number of carbonyl (C=O) groups is 1. The van der Waals surface area contributed by atoms with Crippen LogP contribution in [0.3, 0.4) is 0 Å². The van der Waals surface area contributed by atoms with Gasteiger partial charge >= 0.3 is 0 Å². The summed E-state index contributed by atoms with van der Waals surface area (Å²) in [6, 6.07) is 10.6. The van der Waals surface area contributed by atoms with E-state index in [0.29, 0.717) is 16.5 Å². The smallest absolute Gasteiger partial charge is 0.255 e. The first-order valence-corrected chi connectivity index (χ1v) is 8.98. The minimum Gasteiger partial charge on any atom is -0.495 e. The number of hydrogen-bond acceptors (Lipinski definition) is 4. The van der Waals surface area contributed by atoms with E-state index < -0.39 is 15.9 Å². The second kappa shape index (κ2) is 7.65. The molecule has 0 bridgehead atoms. The van der Waals surface area contributed by atoms with Gasteiger partial charge in [-0.15, -0.1) is 0 Å². The van der Waals surface area contributed by atoms with E-state index in [0.717, 1.165) is 0 Å². The molecule has 0 saturated heterocycles. The molecule has 2 rings (SSSR count). The summed E-state index contributed by atoms with van der Waals surface area (Å²) in [6.45, 7) is 1.94. The van der Waals surface area contributed by atoms with Crippen LogP contribution in [0.4, 0.5) is 5.69 Å².